The summed E-state index contributed by atoms with van der Waals surface area (Å²) in [5, 5.41) is 17.4. The molecule has 2 heterocycles. The number of carbonyl (C=O) groups excluding carboxylic acids is 1. The van der Waals surface area contributed by atoms with Crippen LogP contribution in [-0.4, -0.2) is 59.6 Å². The predicted octanol–water partition coefficient (Wildman–Crippen LogP) is 7.69. The highest BCUT2D eigenvalue weighted by Crippen LogP contribution is 2.45. The zero-order chi connectivity index (χ0) is 41.8. The SMILES string of the molecule is C[C@H]1CC(F)(F)C(NCC(=O)NC(Cc2cc(F)cc(F)c2)c2nc(C#CC(C)(C)[S+]([O-])C3CC3)ccc2-c2ccc(Cl)c3c(N)nn(C)c23)=C1C(=N)C(F)(F)F. The first-order valence-corrected chi connectivity index (χ1v) is 19.3. The Morgan fingerprint density at radius 3 is 2.42 bits per heavy atom. The maximum absolute atomic E-state index is 15.1. The topological polar surface area (TPSA) is 145 Å². The highest BCUT2D eigenvalue weighted by Gasteiger charge is 2.51. The maximum Gasteiger partial charge on any atom is 0.433 e. The Hall–Kier alpha value is -4.79. The van der Waals surface area contributed by atoms with Crippen LogP contribution in [0.4, 0.5) is 36.6 Å². The number of nitrogen functional groups attached to an aromatic ring is 1. The van der Waals surface area contributed by atoms with E-state index >= 15 is 8.78 Å². The average Bonchev–Trinajstić information content (AvgIpc) is 3.86. The summed E-state index contributed by atoms with van der Waals surface area (Å²) in [6.45, 7) is 3.63. The molecule has 0 spiro atoms. The third-order valence-corrected chi connectivity index (χ3v) is 12.2. The third-order valence-electron chi connectivity index (χ3n) is 9.70. The number of nitrogens with zero attached hydrogens (tertiary/aromatic N) is 3. The molecule has 302 valence electrons. The Kier molecular flexibility index (Phi) is 11.4. The monoisotopic (exact) mass is 835 g/mol. The first kappa shape index (κ1) is 41.8. The Morgan fingerprint density at radius 2 is 1.79 bits per heavy atom. The number of halogens is 8. The highest BCUT2D eigenvalue weighted by atomic mass is 35.5. The van der Waals surface area contributed by atoms with Crippen LogP contribution in [0.3, 0.4) is 0 Å². The molecule has 2 aliphatic rings. The molecule has 1 saturated carbocycles. The van der Waals surface area contributed by atoms with Crippen molar-refractivity contribution in [3.8, 4) is 23.0 Å². The normalized spacial score (nSPS) is 17.9. The van der Waals surface area contributed by atoms with Crippen LogP contribution in [0.1, 0.15) is 63.0 Å². The van der Waals surface area contributed by atoms with Gasteiger partial charge in [-0.05, 0) is 97.9 Å². The lowest BCUT2D eigenvalue weighted by atomic mass is 9.93. The van der Waals surface area contributed by atoms with Gasteiger partial charge in [0.15, 0.2) is 10.6 Å². The number of anilines is 1. The van der Waals surface area contributed by atoms with Crippen molar-refractivity contribution in [3.05, 3.63) is 87.3 Å². The molecule has 0 aliphatic heterocycles. The molecule has 2 aliphatic carbocycles. The molecule has 0 radical (unpaired) electrons. The van der Waals surface area contributed by atoms with Gasteiger partial charge in [-0.2, -0.15) is 27.1 Å². The van der Waals surface area contributed by atoms with Crippen molar-refractivity contribution in [2.45, 2.75) is 74.6 Å². The van der Waals surface area contributed by atoms with Gasteiger partial charge in [0, 0.05) is 36.2 Å². The number of carbonyl (C=O) groups is 1. The lowest BCUT2D eigenvalue weighted by Crippen LogP contribution is -2.40. The lowest BCUT2D eigenvalue weighted by molar-refractivity contribution is -0.121. The Bertz CT molecular complexity index is 2350. The molecule has 0 bridgehead atoms. The maximum atomic E-state index is 15.1. The summed E-state index contributed by atoms with van der Waals surface area (Å²) in [6, 6.07) is 7.85. The molecule has 3 atom stereocenters. The van der Waals surface area contributed by atoms with Crippen LogP contribution in [0.5, 0.6) is 0 Å². The Labute approximate surface area is 331 Å². The van der Waals surface area contributed by atoms with E-state index in [0.717, 1.165) is 31.9 Å². The zero-order valence-electron chi connectivity index (χ0n) is 31.0. The molecule has 18 heteroatoms. The summed E-state index contributed by atoms with van der Waals surface area (Å²) in [6.07, 6.45) is -4.93. The molecule has 0 saturated heterocycles. The summed E-state index contributed by atoms with van der Waals surface area (Å²) in [7, 11) is 1.62. The molecule has 4 aromatic rings. The van der Waals surface area contributed by atoms with Gasteiger partial charge in [-0.3, -0.25) is 14.9 Å². The molecular weight excluding hydrogens is 799 g/mol. The predicted molar refractivity (Wildman–Crippen MR) is 204 cm³/mol. The fourth-order valence-electron chi connectivity index (χ4n) is 7.00. The summed E-state index contributed by atoms with van der Waals surface area (Å²) in [5.74, 6) is -1.92. The van der Waals surface area contributed by atoms with E-state index in [9.17, 15) is 31.3 Å². The summed E-state index contributed by atoms with van der Waals surface area (Å²) >= 11 is 5.24. The second kappa shape index (κ2) is 15.5. The number of aromatic nitrogens is 3. The molecule has 2 unspecified atom stereocenters. The van der Waals surface area contributed by atoms with Gasteiger partial charge in [0.05, 0.1) is 39.9 Å². The molecule has 2 aromatic heterocycles. The number of nitrogens with two attached hydrogens (primary N) is 1. The summed E-state index contributed by atoms with van der Waals surface area (Å²) in [4.78, 5) is 18.5. The molecule has 1 fully saturated rings. The molecular formula is C39H37ClF7N7O2S. The first-order valence-electron chi connectivity index (χ1n) is 17.7. The molecule has 9 nitrogen and oxygen atoms in total. The number of amides is 1. The lowest BCUT2D eigenvalue weighted by Gasteiger charge is -2.24. The van der Waals surface area contributed by atoms with Crippen LogP contribution in [0.2, 0.25) is 5.02 Å². The molecule has 5 N–H and O–H groups in total. The van der Waals surface area contributed by atoms with Gasteiger partial charge >= 0.3 is 6.18 Å². The smallest absolute Gasteiger partial charge is 0.433 e. The number of alkyl halides is 5. The number of hydrogen-bond donors (Lipinski definition) is 4. The second-order valence-electron chi connectivity index (χ2n) is 14.6. The van der Waals surface area contributed by atoms with E-state index in [-0.39, 0.29) is 39.5 Å². The van der Waals surface area contributed by atoms with Crippen LogP contribution >= 0.6 is 11.6 Å². The van der Waals surface area contributed by atoms with Crippen LogP contribution in [-0.2, 0) is 29.4 Å². The van der Waals surface area contributed by atoms with Gasteiger partial charge in [0.2, 0.25) is 5.91 Å². The molecule has 6 rings (SSSR count). The van der Waals surface area contributed by atoms with E-state index in [4.69, 9.17) is 27.7 Å². The number of rotatable bonds is 11. The van der Waals surface area contributed by atoms with Crippen molar-refractivity contribution in [3.63, 3.8) is 0 Å². The zero-order valence-corrected chi connectivity index (χ0v) is 32.5. The number of hydrogen-bond acceptors (Lipinski definition) is 7. The minimum absolute atomic E-state index is 0.0250. The Morgan fingerprint density at radius 1 is 1.14 bits per heavy atom. The van der Waals surface area contributed by atoms with E-state index < -0.39 is 87.5 Å². The van der Waals surface area contributed by atoms with Gasteiger partial charge in [-0.1, -0.05) is 24.6 Å². The highest BCUT2D eigenvalue weighted by molar-refractivity contribution is 7.93. The number of allylic oxidation sites excluding steroid dienone is 2. The molecule has 2 aromatic carbocycles. The van der Waals surface area contributed by atoms with Crippen molar-refractivity contribution >= 4 is 51.1 Å². The van der Waals surface area contributed by atoms with Gasteiger partial charge in [0.1, 0.15) is 28.3 Å². The van der Waals surface area contributed by atoms with E-state index in [1.807, 2.05) is 0 Å². The van der Waals surface area contributed by atoms with E-state index in [2.05, 4.69) is 27.6 Å². The van der Waals surface area contributed by atoms with E-state index in [0.29, 0.717) is 28.1 Å². The first-order chi connectivity index (χ1) is 26.6. The fourth-order valence-corrected chi connectivity index (χ4v) is 8.80. The fraction of sp³-hybridized carbons (Fsp3) is 0.385. The molecule has 57 heavy (non-hydrogen) atoms. The van der Waals surface area contributed by atoms with Gasteiger partial charge < -0.3 is 20.9 Å². The summed E-state index contributed by atoms with van der Waals surface area (Å²) < 4.78 is 114. The van der Waals surface area contributed by atoms with Crippen LogP contribution < -0.4 is 16.4 Å². The summed E-state index contributed by atoms with van der Waals surface area (Å²) in [5.41, 5.74) is 3.64. The van der Waals surface area contributed by atoms with Gasteiger partial charge in [0.25, 0.3) is 5.92 Å². The van der Waals surface area contributed by atoms with Crippen molar-refractivity contribution in [1.29, 1.82) is 5.41 Å². The number of aryl methyl sites for hydroxylation is 1. The van der Waals surface area contributed by atoms with Crippen molar-refractivity contribution < 1.29 is 40.1 Å². The number of fused-ring (bicyclic) bond motifs is 1. The van der Waals surface area contributed by atoms with Crippen molar-refractivity contribution in [2.75, 3.05) is 12.3 Å². The van der Waals surface area contributed by atoms with Crippen LogP contribution in [0.15, 0.2) is 53.7 Å². The number of benzene rings is 2. The number of pyridine rings is 1. The van der Waals surface area contributed by atoms with Gasteiger partial charge in [-0.25, -0.2) is 13.8 Å². The number of nitrogens with one attached hydrogen (secondary N) is 3. The van der Waals surface area contributed by atoms with Crippen molar-refractivity contribution in [2.24, 2.45) is 13.0 Å². The van der Waals surface area contributed by atoms with Crippen LogP contribution in [0.25, 0.3) is 22.0 Å². The minimum Gasteiger partial charge on any atom is -0.615 e. The Balaban J connectivity index is 1.47. The van der Waals surface area contributed by atoms with E-state index in [1.54, 1.807) is 45.2 Å². The average molecular weight is 836 g/mol. The quantitative estimate of drug-likeness (QED) is 0.0528. The van der Waals surface area contributed by atoms with E-state index in [1.165, 1.54) is 4.68 Å². The van der Waals surface area contributed by atoms with Gasteiger partial charge in [-0.15, -0.1) is 0 Å². The largest absolute Gasteiger partial charge is 0.615 e. The van der Waals surface area contributed by atoms with Crippen molar-refractivity contribution in [1.82, 2.24) is 25.4 Å². The second-order valence-corrected chi connectivity index (χ2v) is 17.3. The standard InChI is InChI=1S/C39H37ClF7N7O2S/c1-19-17-38(43,44)35(30(19)34(48)39(45,46)47)50-18-29(55)52-28(15-20-13-21(41)16-22(42)14-20)32-25(26-9-10-27(40)31-33(26)54(4)53-36(31)49)8-5-23(51-32)11-12-37(2,3)57(56)24-6-7-24/h5,8-10,13-14,16,19,24,28,48,50H,6-7,15,17-18H2,1-4H3,(H2,49,53)(H,52,55)/t19-,28?,57?/m0/s1. The van der Waals surface area contributed by atoms with Crippen LogP contribution in [0, 0.1) is 34.8 Å². The third kappa shape index (κ3) is 8.87. The minimum atomic E-state index is -5.23. The molecule has 1 amide bonds.